The average molecular weight is 451 g/mol. The molecule has 0 radical (unpaired) electrons. The van der Waals surface area contributed by atoms with E-state index in [4.69, 9.17) is 4.43 Å². The smallest absolute Gasteiger partial charge is 0.261 e. The molecule has 0 saturated heterocycles. The van der Waals surface area contributed by atoms with Crippen LogP contribution in [-0.2, 0) is 14.3 Å². The quantitative estimate of drug-likeness (QED) is 0.479. The van der Waals surface area contributed by atoms with Crippen LogP contribution in [0, 0.1) is 0 Å². The Hall–Kier alpha value is -2.47. The topological polar surface area (TPSA) is 43.4 Å². The highest BCUT2D eigenvalue weighted by Gasteiger charge is 2.50. The lowest BCUT2D eigenvalue weighted by atomic mass is 10.2. The summed E-state index contributed by atoms with van der Waals surface area (Å²) in [7, 11) is -6.25. The summed E-state index contributed by atoms with van der Waals surface area (Å²) in [5.74, 6) is 0. The molecule has 5 heteroatoms. The number of hydrogen-bond acceptors (Lipinski definition) is 3. The van der Waals surface area contributed by atoms with Gasteiger partial charge in [-0.1, -0.05) is 99.6 Å². The maximum absolute atomic E-state index is 12.7. The van der Waals surface area contributed by atoms with Crippen LogP contribution in [0.4, 0.5) is 0 Å². The van der Waals surface area contributed by atoms with Crippen molar-refractivity contribution >= 4 is 28.5 Å². The van der Waals surface area contributed by atoms with Gasteiger partial charge in [-0.3, -0.25) is 0 Å². The lowest BCUT2D eigenvalue weighted by molar-refractivity contribution is 0.252. The van der Waals surface area contributed by atoms with E-state index in [0.717, 1.165) is 0 Å². The third-order valence-electron chi connectivity index (χ3n) is 5.38. The minimum absolute atomic E-state index is 0.171. The SMILES string of the molecule is C[C@@H](/C=C/S(=O)(=O)c1ccccc1)O[Si](c1ccccc1)(c1ccccc1)C(C)(C)C. The minimum atomic E-state index is -3.52. The first kappa shape index (κ1) is 23.2. The second-order valence-corrected chi connectivity index (χ2v) is 14.8. The zero-order chi connectivity index (χ0) is 22.5. The Labute approximate surface area is 187 Å². The lowest BCUT2D eigenvalue weighted by Crippen LogP contribution is -2.67. The van der Waals surface area contributed by atoms with Crippen molar-refractivity contribution in [3.8, 4) is 0 Å². The Balaban J connectivity index is 2.03. The van der Waals surface area contributed by atoms with Crippen molar-refractivity contribution in [2.75, 3.05) is 0 Å². The molecule has 3 rings (SSSR count). The number of benzene rings is 3. The highest BCUT2D eigenvalue weighted by molar-refractivity contribution is 7.94. The molecule has 0 aliphatic rings. The van der Waals surface area contributed by atoms with Crippen LogP contribution in [-0.4, -0.2) is 22.8 Å². The largest absolute Gasteiger partial charge is 0.401 e. The van der Waals surface area contributed by atoms with E-state index in [2.05, 4.69) is 45.0 Å². The van der Waals surface area contributed by atoms with Gasteiger partial charge >= 0.3 is 0 Å². The van der Waals surface area contributed by atoms with E-state index in [1.807, 2.05) is 43.3 Å². The van der Waals surface area contributed by atoms with Gasteiger partial charge in [-0.2, -0.15) is 0 Å². The summed E-state index contributed by atoms with van der Waals surface area (Å²) in [6.07, 6.45) is 1.27. The monoisotopic (exact) mass is 450 g/mol. The van der Waals surface area contributed by atoms with Crippen LogP contribution >= 0.6 is 0 Å². The van der Waals surface area contributed by atoms with Crippen molar-refractivity contribution in [2.45, 2.75) is 43.7 Å². The predicted octanol–water partition coefficient (Wildman–Crippen LogP) is 4.94. The molecule has 0 bridgehead atoms. The third-order valence-corrected chi connectivity index (χ3v) is 12.0. The Morgan fingerprint density at radius 3 is 1.61 bits per heavy atom. The zero-order valence-electron chi connectivity index (χ0n) is 18.5. The second-order valence-electron chi connectivity index (χ2n) is 8.67. The van der Waals surface area contributed by atoms with Crippen molar-refractivity contribution in [1.82, 2.24) is 0 Å². The van der Waals surface area contributed by atoms with Crippen LogP contribution < -0.4 is 10.4 Å². The van der Waals surface area contributed by atoms with Crippen LogP contribution in [0.3, 0.4) is 0 Å². The van der Waals surface area contributed by atoms with Gasteiger partial charge in [0.05, 0.1) is 11.0 Å². The molecule has 0 heterocycles. The Morgan fingerprint density at radius 1 is 0.774 bits per heavy atom. The van der Waals surface area contributed by atoms with Gasteiger partial charge in [0.1, 0.15) is 0 Å². The summed E-state index contributed by atoms with van der Waals surface area (Å²) in [5.41, 5.74) is 0. The van der Waals surface area contributed by atoms with Gasteiger partial charge in [-0.25, -0.2) is 8.42 Å². The fourth-order valence-corrected chi connectivity index (χ4v) is 9.69. The first-order valence-corrected chi connectivity index (χ1v) is 13.9. The molecule has 0 saturated carbocycles. The van der Waals surface area contributed by atoms with Gasteiger partial charge in [0.25, 0.3) is 8.32 Å². The summed E-state index contributed by atoms with van der Waals surface area (Å²) in [4.78, 5) is 0.281. The van der Waals surface area contributed by atoms with Gasteiger partial charge in [-0.15, -0.1) is 0 Å². The average Bonchev–Trinajstić information content (AvgIpc) is 2.77. The summed E-state index contributed by atoms with van der Waals surface area (Å²) >= 11 is 0. The minimum Gasteiger partial charge on any atom is -0.401 e. The fourth-order valence-electron chi connectivity index (χ4n) is 3.91. The van der Waals surface area contributed by atoms with Crippen molar-refractivity contribution in [2.24, 2.45) is 0 Å². The molecule has 3 aromatic rings. The third kappa shape index (κ3) is 5.06. The van der Waals surface area contributed by atoms with Gasteiger partial charge in [-0.05, 0) is 40.5 Å². The molecule has 0 aromatic heterocycles. The summed E-state index contributed by atoms with van der Waals surface area (Å²) in [6, 6.07) is 29.1. The van der Waals surface area contributed by atoms with Crippen LogP contribution in [0.25, 0.3) is 0 Å². The molecule has 0 aliphatic carbocycles. The molecule has 0 unspecified atom stereocenters. The van der Waals surface area contributed by atoms with Gasteiger partial charge in [0.2, 0.25) is 0 Å². The fraction of sp³-hybridized carbons (Fsp3) is 0.231. The lowest BCUT2D eigenvalue weighted by Gasteiger charge is -2.44. The molecule has 0 aliphatic heterocycles. The molecule has 31 heavy (non-hydrogen) atoms. The first-order chi connectivity index (χ1) is 14.7. The number of sulfone groups is 1. The second kappa shape index (κ2) is 9.35. The highest BCUT2D eigenvalue weighted by atomic mass is 32.2. The van der Waals surface area contributed by atoms with Gasteiger partial charge in [0.15, 0.2) is 9.84 Å². The van der Waals surface area contributed by atoms with Gasteiger partial charge < -0.3 is 4.43 Å². The standard InChI is InChI=1S/C26H30O3SSi/c1-22(20-21-30(27,28)23-14-8-5-9-15-23)29-31(26(2,3)4,24-16-10-6-11-17-24)25-18-12-7-13-19-25/h5-22H,1-4H3/b21-20+/t22-/m0/s1. The van der Waals surface area contributed by atoms with Crippen molar-refractivity contribution in [3.63, 3.8) is 0 Å². The van der Waals surface area contributed by atoms with Crippen molar-refractivity contribution < 1.29 is 12.8 Å². The Kier molecular flexibility index (Phi) is 6.99. The van der Waals surface area contributed by atoms with Crippen molar-refractivity contribution in [3.05, 3.63) is 102 Å². The molecule has 162 valence electrons. The summed E-state index contributed by atoms with van der Waals surface area (Å²) < 4.78 is 32.3. The van der Waals surface area contributed by atoms with E-state index in [-0.39, 0.29) is 16.0 Å². The van der Waals surface area contributed by atoms with Crippen LogP contribution in [0.5, 0.6) is 0 Å². The molecule has 0 fully saturated rings. The first-order valence-electron chi connectivity index (χ1n) is 10.4. The molecule has 3 nitrogen and oxygen atoms in total. The molecular weight excluding hydrogens is 420 g/mol. The summed E-state index contributed by atoms with van der Waals surface area (Å²) in [5, 5.41) is 3.43. The number of hydrogen-bond donors (Lipinski definition) is 0. The molecular formula is C26H30O3SSi. The van der Waals surface area contributed by atoms with E-state index in [9.17, 15) is 8.42 Å². The highest BCUT2D eigenvalue weighted by Crippen LogP contribution is 2.37. The molecule has 1 atom stereocenters. The van der Waals surface area contributed by atoms with Crippen LogP contribution in [0.15, 0.2) is 107 Å². The molecule has 0 N–H and O–H groups in total. The predicted molar refractivity (Wildman–Crippen MR) is 131 cm³/mol. The van der Waals surface area contributed by atoms with Crippen LogP contribution in [0.1, 0.15) is 27.7 Å². The van der Waals surface area contributed by atoms with Gasteiger partial charge in [0, 0.05) is 5.41 Å². The Morgan fingerprint density at radius 2 is 1.19 bits per heavy atom. The van der Waals surface area contributed by atoms with E-state index >= 15 is 0 Å². The maximum atomic E-state index is 12.7. The number of rotatable bonds is 7. The maximum Gasteiger partial charge on any atom is 0.261 e. The van der Waals surface area contributed by atoms with E-state index in [0.29, 0.717) is 0 Å². The molecule has 3 aromatic carbocycles. The van der Waals surface area contributed by atoms with Crippen LogP contribution in [0.2, 0.25) is 5.04 Å². The van der Waals surface area contributed by atoms with E-state index < -0.39 is 18.2 Å². The van der Waals surface area contributed by atoms with E-state index in [1.165, 1.54) is 15.8 Å². The molecule has 0 amide bonds. The Bertz CT molecular complexity index is 1060. The van der Waals surface area contributed by atoms with E-state index in [1.54, 1.807) is 36.4 Å². The normalized spacial score (nSPS) is 13.9. The molecule has 0 spiro atoms. The van der Waals surface area contributed by atoms with Crippen molar-refractivity contribution in [1.29, 1.82) is 0 Å². The zero-order valence-corrected chi connectivity index (χ0v) is 20.3. The summed E-state index contributed by atoms with van der Waals surface area (Å²) in [6.45, 7) is 8.53.